The van der Waals surface area contributed by atoms with Crippen molar-refractivity contribution in [2.24, 2.45) is 0 Å². The van der Waals surface area contributed by atoms with Gasteiger partial charge in [-0.1, -0.05) is 0 Å². The highest BCUT2D eigenvalue weighted by Gasteiger charge is 2.36. The highest BCUT2D eigenvalue weighted by molar-refractivity contribution is 5.97. The highest BCUT2D eigenvalue weighted by atomic mass is 19.4. The number of hydrogen-bond acceptors (Lipinski definition) is 4. The van der Waals surface area contributed by atoms with Gasteiger partial charge in [-0.3, -0.25) is 4.79 Å². The van der Waals surface area contributed by atoms with Gasteiger partial charge < -0.3 is 19.9 Å². The first kappa shape index (κ1) is 16.9. The number of rotatable bonds is 4. The number of aliphatic carboxylic acids is 1. The number of amides is 1. The van der Waals surface area contributed by atoms with Crippen molar-refractivity contribution in [3.8, 4) is 11.5 Å². The summed E-state index contributed by atoms with van der Waals surface area (Å²) in [6, 6.07) is 2.03. The molecule has 6 nitrogen and oxygen atoms in total. The van der Waals surface area contributed by atoms with Crippen molar-refractivity contribution in [3.63, 3.8) is 0 Å². The van der Waals surface area contributed by atoms with E-state index < -0.39 is 30.5 Å². The topological polar surface area (TPSA) is 84.9 Å². The van der Waals surface area contributed by atoms with Gasteiger partial charge in [0.05, 0.1) is 19.6 Å². The molecule has 23 heavy (non-hydrogen) atoms. The number of halogens is 3. The van der Waals surface area contributed by atoms with E-state index in [1.807, 2.05) is 5.32 Å². The SMILES string of the molecule is O=C(NC(CC(F)(F)F)C(=O)O)c1ccc2c(c1)OCCCO2. The minimum atomic E-state index is -4.71. The third-order valence-electron chi connectivity index (χ3n) is 3.05. The van der Waals surface area contributed by atoms with E-state index in [1.165, 1.54) is 18.2 Å². The van der Waals surface area contributed by atoms with Gasteiger partial charge in [-0.2, -0.15) is 13.2 Å². The zero-order chi connectivity index (χ0) is 17.0. The van der Waals surface area contributed by atoms with E-state index in [2.05, 4.69) is 0 Å². The maximum Gasteiger partial charge on any atom is 0.391 e. The summed E-state index contributed by atoms with van der Waals surface area (Å²) < 4.78 is 47.8. The van der Waals surface area contributed by atoms with Crippen LogP contribution in [0.15, 0.2) is 18.2 Å². The Bertz CT molecular complexity index is 603. The van der Waals surface area contributed by atoms with Crippen LogP contribution in [-0.4, -0.2) is 42.4 Å². The Hall–Kier alpha value is -2.45. The number of nitrogens with one attached hydrogen (secondary N) is 1. The van der Waals surface area contributed by atoms with Crippen LogP contribution in [-0.2, 0) is 4.79 Å². The van der Waals surface area contributed by atoms with E-state index in [0.717, 1.165) is 0 Å². The Morgan fingerprint density at radius 1 is 1.22 bits per heavy atom. The molecule has 1 aromatic carbocycles. The first-order valence-electron chi connectivity index (χ1n) is 6.76. The molecule has 1 atom stereocenters. The van der Waals surface area contributed by atoms with Gasteiger partial charge in [-0.05, 0) is 18.2 Å². The number of hydrogen-bond donors (Lipinski definition) is 2. The molecule has 1 aromatic rings. The molecule has 0 aromatic heterocycles. The summed E-state index contributed by atoms with van der Waals surface area (Å²) in [5.74, 6) is -1.98. The van der Waals surface area contributed by atoms with Crippen LogP contribution in [0, 0.1) is 0 Å². The van der Waals surface area contributed by atoms with Crippen LogP contribution >= 0.6 is 0 Å². The largest absolute Gasteiger partial charge is 0.490 e. The summed E-state index contributed by atoms with van der Waals surface area (Å²) in [4.78, 5) is 22.8. The van der Waals surface area contributed by atoms with E-state index >= 15 is 0 Å². The molecule has 1 unspecified atom stereocenters. The third kappa shape index (κ3) is 4.76. The number of alkyl halides is 3. The van der Waals surface area contributed by atoms with Crippen molar-refractivity contribution in [3.05, 3.63) is 23.8 Å². The Morgan fingerprint density at radius 3 is 2.48 bits per heavy atom. The summed E-state index contributed by atoms with van der Waals surface area (Å²) in [6.45, 7) is 0.828. The lowest BCUT2D eigenvalue weighted by Crippen LogP contribution is -2.43. The van der Waals surface area contributed by atoms with Gasteiger partial charge in [0, 0.05) is 12.0 Å². The maximum absolute atomic E-state index is 12.3. The molecule has 0 radical (unpaired) electrons. The molecule has 1 amide bonds. The molecule has 0 aliphatic carbocycles. The molecule has 2 N–H and O–H groups in total. The predicted octanol–water partition coefficient (Wildman–Crippen LogP) is 1.98. The third-order valence-corrected chi connectivity index (χ3v) is 3.05. The molecule has 0 spiro atoms. The quantitative estimate of drug-likeness (QED) is 0.880. The van der Waals surface area contributed by atoms with Crippen LogP contribution in [0.1, 0.15) is 23.2 Å². The standard InChI is InChI=1S/C14H14F3NO5/c15-14(16,17)7-9(13(20)21)18-12(19)8-2-3-10-11(6-8)23-5-1-4-22-10/h2-3,6,9H,1,4-5,7H2,(H,18,19)(H,20,21). The predicted molar refractivity (Wildman–Crippen MR) is 71.6 cm³/mol. The average molecular weight is 333 g/mol. The fourth-order valence-corrected chi connectivity index (χ4v) is 1.98. The fraction of sp³-hybridized carbons (Fsp3) is 0.429. The number of fused-ring (bicyclic) bond motifs is 1. The van der Waals surface area contributed by atoms with Gasteiger partial charge >= 0.3 is 12.1 Å². The number of carboxylic acids is 1. The Labute approximate surface area is 129 Å². The first-order valence-corrected chi connectivity index (χ1v) is 6.76. The van der Waals surface area contributed by atoms with Crippen LogP contribution in [0.25, 0.3) is 0 Å². The summed E-state index contributed by atoms with van der Waals surface area (Å²) in [5.41, 5.74) is -0.0114. The lowest BCUT2D eigenvalue weighted by atomic mass is 10.1. The Kier molecular flexibility index (Phi) is 4.97. The number of carbonyl (C=O) groups excluding carboxylic acids is 1. The summed E-state index contributed by atoms with van der Waals surface area (Å²) >= 11 is 0. The molecule has 1 aliphatic heterocycles. The molecule has 126 valence electrons. The van der Waals surface area contributed by atoms with Crippen molar-refractivity contribution in [2.45, 2.75) is 25.1 Å². The molecule has 0 saturated heterocycles. The molecule has 0 saturated carbocycles. The first-order chi connectivity index (χ1) is 10.8. The minimum absolute atomic E-state index is 0.0114. The lowest BCUT2D eigenvalue weighted by Gasteiger charge is -2.16. The van der Waals surface area contributed by atoms with E-state index in [-0.39, 0.29) is 11.3 Å². The smallest absolute Gasteiger partial charge is 0.391 e. The van der Waals surface area contributed by atoms with Crippen LogP contribution in [0.4, 0.5) is 13.2 Å². The molecular weight excluding hydrogens is 319 g/mol. The lowest BCUT2D eigenvalue weighted by molar-refractivity contribution is -0.157. The summed E-state index contributed by atoms with van der Waals surface area (Å²) in [7, 11) is 0. The summed E-state index contributed by atoms with van der Waals surface area (Å²) in [5, 5.41) is 10.7. The molecular formula is C14H14F3NO5. The molecule has 2 rings (SSSR count). The zero-order valence-corrected chi connectivity index (χ0v) is 11.9. The number of benzene rings is 1. The monoisotopic (exact) mass is 333 g/mol. The average Bonchev–Trinajstić information content (AvgIpc) is 2.69. The second kappa shape index (κ2) is 6.76. The van der Waals surface area contributed by atoms with E-state index in [1.54, 1.807) is 0 Å². The van der Waals surface area contributed by atoms with Gasteiger partial charge in [0.1, 0.15) is 6.04 Å². The van der Waals surface area contributed by atoms with E-state index in [4.69, 9.17) is 14.6 Å². The number of ether oxygens (including phenoxy) is 2. The number of carbonyl (C=O) groups is 2. The van der Waals surface area contributed by atoms with Crippen molar-refractivity contribution in [1.82, 2.24) is 5.32 Å². The number of carboxylic acid groups (broad SMARTS) is 1. The normalized spacial score (nSPS) is 15.4. The maximum atomic E-state index is 12.3. The van der Waals surface area contributed by atoms with Gasteiger partial charge in [-0.15, -0.1) is 0 Å². The van der Waals surface area contributed by atoms with Crippen molar-refractivity contribution >= 4 is 11.9 Å². The van der Waals surface area contributed by atoms with Crippen molar-refractivity contribution in [1.29, 1.82) is 0 Å². The van der Waals surface area contributed by atoms with Gasteiger partial charge in [-0.25, -0.2) is 4.79 Å². The molecule has 9 heteroatoms. The van der Waals surface area contributed by atoms with E-state index in [9.17, 15) is 22.8 Å². The van der Waals surface area contributed by atoms with Crippen molar-refractivity contribution in [2.75, 3.05) is 13.2 Å². The highest BCUT2D eigenvalue weighted by Crippen LogP contribution is 2.30. The van der Waals surface area contributed by atoms with Crippen LogP contribution in [0.2, 0.25) is 0 Å². The van der Waals surface area contributed by atoms with E-state index in [0.29, 0.717) is 25.4 Å². The molecule has 1 heterocycles. The van der Waals surface area contributed by atoms with Crippen molar-refractivity contribution < 1.29 is 37.3 Å². The molecule has 0 fully saturated rings. The van der Waals surface area contributed by atoms with Gasteiger partial charge in [0.15, 0.2) is 11.5 Å². The van der Waals surface area contributed by atoms with Crippen LogP contribution in [0.5, 0.6) is 11.5 Å². The summed E-state index contributed by atoms with van der Waals surface area (Å²) in [6.07, 6.45) is -5.71. The Balaban J connectivity index is 2.13. The molecule has 1 aliphatic rings. The molecule has 0 bridgehead atoms. The second-order valence-corrected chi connectivity index (χ2v) is 4.90. The fourth-order valence-electron chi connectivity index (χ4n) is 1.98. The van der Waals surface area contributed by atoms with Crippen LogP contribution < -0.4 is 14.8 Å². The second-order valence-electron chi connectivity index (χ2n) is 4.90. The van der Waals surface area contributed by atoms with Gasteiger partial charge in [0.2, 0.25) is 0 Å². The van der Waals surface area contributed by atoms with Crippen LogP contribution in [0.3, 0.4) is 0 Å². The minimum Gasteiger partial charge on any atom is -0.490 e. The Morgan fingerprint density at radius 2 is 1.87 bits per heavy atom. The zero-order valence-electron chi connectivity index (χ0n) is 11.9. The van der Waals surface area contributed by atoms with Gasteiger partial charge in [0.25, 0.3) is 5.91 Å².